The molecule has 0 aromatic heterocycles. The van der Waals surface area contributed by atoms with E-state index in [0.29, 0.717) is 25.7 Å². The Bertz CT molecular complexity index is 692. The minimum Gasteiger partial charge on any atom is -0.367 e. The Morgan fingerprint density at radius 2 is 1.81 bits per heavy atom. The summed E-state index contributed by atoms with van der Waals surface area (Å²) in [6.07, 6.45) is 4.72. The molecule has 2 unspecified atom stereocenters. The quantitative estimate of drug-likeness (QED) is 0.886. The van der Waals surface area contributed by atoms with Gasteiger partial charge in [-0.05, 0) is 43.7 Å². The van der Waals surface area contributed by atoms with Gasteiger partial charge in [0.05, 0.1) is 11.4 Å². The van der Waals surface area contributed by atoms with Crippen LogP contribution in [0.2, 0.25) is 0 Å². The molecule has 2 aliphatic heterocycles. The minimum atomic E-state index is -0.0628. The zero-order valence-corrected chi connectivity index (χ0v) is 15.5. The van der Waals surface area contributed by atoms with Crippen molar-refractivity contribution in [3.8, 4) is 0 Å². The Labute approximate surface area is 155 Å². The van der Waals surface area contributed by atoms with Gasteiger partial charge in [-0.3, -0.25) is 4.79 Å². The van der Waals surface area contributed by atoms with Crippen LogP contribution in [-0.4, -0.2) is 60.5 Å². The first-order valence-electron chi connectivity index (χ1n) is 9.79. The molecule has 6 nitrogen and oxygen atoms in total. The van der Waals surface area contributed by atoms with E-state index in [2.05, 4.69) is 16.3 Å². The van der Waals surface area contributed by atoms with Gasteiger partial charge in [-0.15, -0.1) is 0 Å². The smallest absolute Gasteiger partial charge is 0.321 e. The predicted molar refractivity (Wildman–Crippen MR) is 102 cm³/mol. The van der Waals surface area contributed by atoms with E-state index < -0.39 is 0 Å². The molecule has 26 heavy (non-hydrogen) atoms. The van der Waals surface area contributed by atoms with Crippen molar-refractivity contribution >= 4 is 23.3 Å². The molecule has 1 saturated carbocycles. The normalized spacial score (nSPS) is 25.3. The van der Waals surface area contributed by atoms with Crippen molar-refractivity contribution in [1.29, 1.82) is 0 Å². The lowest BCUT2D eigenvalue weighted by Gasteiger charge is -2.31. The monoisotopic (exact) mass is 356 g/mol. The number of fused-ring (bicyclic) bond motifs is 2. The summed E-state index contributed by atoms with van der Waals surface area (Å²) < 4.78 is 0. The third-order valence-electron chi connectivity index (χ3n) is 6.09. The molecule has 2 atom stereocenters. The lowest BCUT2D eigenvalue weighted by Crippen LogP contribution is -2.39. The molecule has 6 heteroatoms. The average Bonchev–Trinajstić information content (AvgIpc) is 3.17. The number of hydrogen-bond acceptors (Lipinski definition) is 3. The van der Waals surface area contributed by atoms with Crippen LogP contribution in [0.4, 0.5) is 16.2 Å². The van der Waals surface area contributed by atoms with E-state index in [1.165, 1.54) is 19.3 Å². The summed E-state index contributed by atoms with van der Waals surface area (Å²) in [5, 5.41) is 3.13. The fraction of sp³-hybridized carbons (Fsp3) is 0.600. The Balaban J connectivity index is 1.44. The molecule has 1 aliphatic carbocycles. The number of benzene rings is 1. The van der Waals surface area contributed by atoms with E-state index in [4.69, 9.17) is 0 Å². The van der Waals surface area contributed by atoms with E-state index in [1.54, 1.807) is 6.92 Å². The van der Waals surface area contributed by atoms with Crippen LogP contribution in [0.5, 0.6) is 0 Å². The van der Waals surface area contributed by atoms with E-state index in [1.807, 2.05) is 28.0 Å². The first kappa shape index (κ1) is 17.2. The molecule has 4 rings (SSSR count). The Kier molecular flexibility index (Phi) is 4.74. The summed E-state index contributed by atoms with van der Waals surface area (Å²) in [4.78, 5) is 30.5. The number of amides is 3. The van der Waals surface area contributed by atoms with Crippen molar-refractivity contribution in [2.75, 3.05) is 42.9 Å². The molecule has 1 N–H and O–H groups in total. The highest BCUT2D eigenvalue weighted by Crippen LogP contribution is 2.42. The van der Waals surface area contributed by atoms with Gasteiger partial charge in [-0.25, -0.2) is 4.79 Å². The molecule has 140 valence electrons. The van der Waals surface area contributed by atoms with Gasteiger partial charge < -0.3 is 20.0 Å². The molecular formula is C20H28N4O2. The van der Waals surface area contributed by atoms with Gasteiger partial charge in [-0.2, -0.15) is 0 Å². The molecule has 3 aliphatic rings. The summed E-state index contributed by atoms with van der Waals surface area (Å²) in [7, 11) is 0. The third-order valence-corrected chi connectivity index (χ3v) is 6.09. The van der Waals surface area contributed by atoms with Crippen LogP contribution in [0.1, 0.15) is 32.6 Å². The molecule has 3 amide bonds. The zero-order valence-electron chi connectivity index (χ0n) is 15.5. The van der Waals surface area contributed by atoms with E-state index in [-0.39, 0.29) is 11.9 Å². The Morgan fingerprint density at radius 1 is 1.04 bits per heavy atom. The first-order valence-corrected chi connectivity index (χ1v) is 9.79. The predicted octanol–water partition coefficient (Wildman–Crippen LogP) is 2.76. The second-order valence-corrected chi connectivity index (χ2v) is 7.78. The average molecular weight is 356 g/mol. The van der Waals surface area contributed by atoms with Crippen molar-refractivity contribution in [2.24, 2.45) is 5.92 Å². The zero-order chi connectivity index (χ0) is 18.1. The molecule has 1 aromatic rings. The lowest BCUT2D eigenvalue weighted by atomic mass is 10.1. The highest BCUT2D eigenvalue weighted by molar-refractivity contribution is 5.93. The summed E-state index contributed by atoms with van der Waals surface area (Å²) >= 11 is 0. The maximum absolute atomic E-state index is 12.8. The number of hydrogen-bond donors (Lipinski definition) is 1. The van der Waals surface area contributed by atoms with Gasteiger partial charge in [0.1, 0.15) is 0 Å². The van der Waals surface area contributed by atoms with Crippen LogP contribution in [0.25, 0.3) is 0 Å². The van der Waals surface area contributed by atoms with Crippen LogP contribution < -0.4 is 10.2 Å². The topological polar surface area (TPSA) is 55.9 Å². The summed E-state index contributed by atoms with van der Waals surface area (Å²) in [6.45, 7) is 5.31. The van der Waals surface area contributed by atoms with Crippen LogP contribution in [0.3, 0.4) is 0 Å². The van der Waals surface area contributed by atoms with E-state index >= 15 is 0 Å². The van der Waals surface area contributed by atoms with Gasteiger partial charge in [0.2, 0.25) is 5.91 Å². The number of carbonyl (C=O) groups excluding carboxylic acids is 2. The van der Waals surface area contributed by atoms with Crippen LogP contribution >= 0.6 is 0 Å². The summed E-state index contributed by atoms with van der Waals surface area (Å²) in [5.41, 5.74) is 2.05. The van der Waals surface area contributed by atoms with Crippen LogP contribution in [0, 0.1) is 5.92 Å². The van der Waals surface area contributed by atoms with Crippen LogP contribution in [-0.2, 0) is 4.79 Å². The van der Waals surface area contributed by atoms with E-state index in [9.17, 15) is 9.59 Å². The number of anilines is 2. The Morgan fingerprint density at radius 3 is 2.54 bits per heavy atom. The second-order valence-electron chi connectivity index (χ2n) is 7.78. The standard InChI is InChI=1S/C20H28N4O2/c1-15(25)22-9-4-10-23(12-11-22)20(26)21-18-5-2-3-6-19(18)24-14-16-7-8-17(24)13-16/h2-3,5-6,16-17H,4,7-14H2,1H3,(H,21,26). The number of piperidine rings is 1. The fourth-order valence-corrected chi connectivity index (χ4v) is 4.68. The largest absolute Gasteiger partial charge is 0.367 e. The number of rotatable bonds is 2. The van der Waals surface area contributed by atoms with Crippen molar-refractivity contribution in [2.45, 2.75) is 38.6 Å². The maximum atomic E-state index is 12.8. The minimum absolute atomic E-state index is 0.0628. The molecule has 2 heterocycles. The van der Waals surface area contributed by atoms with Crippen molar-refractivity contribution in [1.82, 2.24) is 9.80 Å². The Hall–Kier alpha value is -2.24. The van der Waals surface area contributed by atoms with Gasteiger partial charge in [-0.1, -0.05) is 12.1 Å². The van der Waals surface area contributed by atoms with Crippen molar-refractivity contribution < 1.29 is 9.59 Å². The summed E-state index contributed by atoms with van der Waals surface area (Å²) in [6, 6.07) is 8.71. The molecule has 2 saturated heterocycles. The maximum Gasteiger partial charge on any atom is 0.321 e. The van der Waals surface area contributed by atoms with Crippen molar-refractivity contribution in [3.63, 3.8) is 0 Å². The molecule has 0 radical (unpaired) electrons. The molecule has 1 aromatic carbocycles. The number of para-hydroxylation sites is 2. The molecule has 3 fully saturated rings. The molecular weight excluding hydrogens is 328 g/mol. The van der Waals surface area contributed by atoms with Gasteiger partial charge in [0, 0.05) is 45.7 Å². The van der Waals surface area contributed by atoms with Gasteiger partial charge in [0.15, 0.2) is 0 Å². The SMILES string of the molecule is CC(=O)N1CCCN(C(=O)Nc2ccccc2N2CC3CCC2C3)CC1. The number of carbonyl (C=O) groups is 2. The number of urea groups is 1. The lowest BCUT2D eigenvalue weighted by molar-refractivity contribution is -0.128. The highest BCUT2D eigenvalue weighted by Gasteiger charge is 2.38. The van der Waals surface area contributed by atoms with E-state index in [0.717, 1.165) is 36.8 Å². The highest BCUT2D eigenvalue weighted by atomic mass is 16.2. The fourth-order valence-electron chi connectivity index (χ4n) is 4.68. The third kappa shape index (κ3) is 3.37. The molecule has 2 bridgehead atoms. The van der Waals surface area contributed by atoms with Gasteiger partial charge in [0.25, 0.3) is 0 Å². The first-order chi connectivity index (χ1) is 12.6. The van der Waals surface area contributed by atoms with Crippen molar-refractivity contribution in [3.05, 3.63) is 24.3 Å². The molecule has 0 spiro atoms. The van der Waals surface area contributed by atoms with Crippen LogP contribution in [0.15, 0.2) is 24.3 Å². The summed E-state index contributed by atoms with van der Waals surface area (Å²) in [5.74, 6) is 0.897. The second kappa shape index (κ2) is 7.17. The van der Waals surface area contributed by atoms with Gasteiger partial charge >= 0.3 is 6.03 Å². The number of nitrogens with zero attached hydrogens (tertiary/aromatic N) is 3. The number of nitrogens with one attached hydrogen (secondary N) is 1.